The molecule has 0 saturated heterocycles. The first kappa shape index (κ1) is 23.7. The first-order valence-electron chi connectivity index (χ1n) is 11.3. The second-order valence-electron chi connectivity index (χ2n) is 7.77. The van der Waals surface area contributed by atoms with Gasteiger partial charge in [0, 0.05) is 12.6 Å². The first-order chi connectivity index (χ1) is 15.7. The zero-order valence-electron chi connectivity index (χ0n) is 18.5. The molecule has 0 radical (unpaired) electrons. The van der Waals surface area contributed by atoms with Crippen molar-refractivity contribution < 1.29 is 9.53 Å². The number of hydrogen-bond acceptors (Lipinski definition) is 3. The molecule has 0 heterocycles. The van der Waals surface area contributed by atoms with Crippen molar-refractivity contribution in [3.63, 3.8) is 0 Å². The van der Waals surface area contributed by atoms with E-state index < -0.39 is 0 Å². The summed E-state index contributed by atoms with van der Waals surface area (Å²) in [6.45, 7) is 1.26. The second kappa shape index (κ2) is 13.5. The molecule has 5 heteroatoms. The minimum Gasteiger partial charge on any atom is -0.494 e. The highest BCUT2D eigenvalue weighted by Gasteiger charge is 2.12. The Morgan fingerprint density at radius 2 is 1.44 bits per heavy atom. The van der Waals surface area contributed by atoms with Crippen LogP contribution in [0, 0.1) is 0 Å². The van der Waals surface area contributed by atoms with Crippen molar-refractivity contribution in [2.75, 3.05) is 17.5 Å². The van der Waals surface area contributed by atoms with Crippen LogP contribution in [0.2, 0.25) is 0 Å². The summed E-state index contributed by atoms with van der Waals surface area (Å²) in [5.41, 5.74) is 3.35. The molecule has 0 aliphatic rings. The number of aryl methyl sites for hydroxylation is 2. The molecule has 1 N–H and O–H groups in total. The van der Waals surface area contributed by atoms with Crippen molar-refractivity contribution in [1.82, 2.24) is 5.32 Å². The summed E-state index contributed by atoms with van der Waals surface area (Å²) in [7, 11) is 0. The SMILES string of the molecule is O=C(NCCCc1ccccc1)N(S)c1cccc(OCCCCCc2ccccc2)c1. The van der Waals surface area contributed by atoms with Gasteiger partial charge in [-0.2, -0.15) is 0 Å². The highest BCUT2D eigenvalue weighted by molar-refractivity contribution is 7.82. The third kappa shape index (κ3) is 8.31. The summed E-state index contributed by atoms with van der Waals surface area (Å²) in [5, 5.41) is 2.92. The predicted molar refractivity (Wildman–Crippen MR) is 136 cm³/mol. The van der Waals surface area contributed by atoms with Crippen LogP contribution in [0.25, 0.3) is 0 Å². The number of carbonyl (C=O) groups is 1. The van der Waals surface area contributed by atoms with Crippen LogP contribution in [-0.4, -0.2) is 19.2 Å². The van der Waals surface area contributed by atoms with Gasteiger partial charge in [0.05, 0.1) is 12.3 Å². The Labute approximate surface area is 197 Å². The Morgan fingerprint density at radius 3 is 2.12 bits per heavy atom. The molecule has 0 aromatic heterocycles. The Bertz CT molecular complexity index is 935. The number of hydrogen-bond donors (Lipinski definition) is 2. The lowest BCUT2D eigenvalue weighted by Gasteiger charge is -2.17. The molecule has 3 aromatic carbocycles. The molecule has 0 aliphatic heterocycles. The van der Waals surface area contributed by atoms with E-state index in [9.17, 15) is 4.79 Å². The number of nitrogens with one attached hydrogen (secondary N) is 1. The first-order valence-corrected chi connectivity index (χ1v) is 11.7. The van der Waals surface area contributed by atoms with Gasteiger partial charge in [-0.1, -0.05) is 79.5 Å². The number of unbranched alkanes of at least 4 members (excludes halogenated alkanes) is 2. The molecule has 0 atom stereocenters. The normalized spacial score (nSPS) is 10.5. The lowest BCUT2D eigenvalue weighted by Crippen LogP contribution is -2.34. The summed E-state index contributed by atoms with van der Waals surface area (Å²) in [4.78, 5) is 12.4. The standard InChI is InChI=1S/C27H32N2O2S/c30-27(28-20-11-17-24-14-6-2-7-15-24)29(32)25-18-10-19-26(22-25)31-21-9-3-8-16-23-12-4-1-5-13-23/h1-2,4-7,10,12-15,18-19,22,32H,3,8-9,11,16-17,20-21H2,(H,28,30). The maximum atomic E-state index is 12.4. The number of anilines is 1. The van der Waals surface area contributed by atoms with Gasteiger partial charge in [0.25, 0.3) is 0 Å². The molecule has 3 rings (SSSR count). The summed E-state index contributed by atoms with van der Waals surface area (Å²) >= 11 is 4.37. The predicted octanol–water partition coefficient (Wildman–Crippen LogP) is 6.47. The van der Waals surface area contributed by atoms with E-state index in [1.807, 2.05) is 48.5 Å². The number of ether oxygens (including phenoxy) is 1. The molecular weight excluding hydrogens is 416 g/mol. The van der Waals surface area contributed by atoms with E-state index in [2.05, 4.69) is 54.5 Å². The average Bonchev–Trinajstić information content (AvgIpc) is 2.85. The molecule has 0 spiro atoms. The van der Waals surface area contributed by atoms with Gasteiger partial charge in [-0.3, -0.25) is 0 Å². The van der Waals surface area contributed by atoms with Crippen molar-refractivity contribution in [3.05, 3.63) is 96.1 Å². The monoisotopic (exact) mass is 448 g/mol. The summed E-state index contributed by atoms with van der Waals surface area (Å²) in [6.07, 6.45) is 6.20. The van der Waals surface area contributed by atoms with Gasteiger partial charge < -0.3 is 10.1 Å². The molecule has 3 aromatic rings. The summed E-state index contributed by atoms with van der Waals surface area (Å²) < 4.78 is 7.21. The Kier molecular flexibility index (Phi) is 10.0. The van der Waals surface area contributed by atoms with Crippen LogP contribution in [0.15, 0.2) is 84.9 Å². The van der Waals surface area contributed by atoms with Gasteiger partial charge in [-0.25, -0.2) is 9.10 Å². The van der Waals surface area contributed by atoms with E-state index in [1.165, 1.54) is 15.4 Å². The number of amides is 2. The van der Waals surface area contributed by atoms with Crippen LogP contribution in [0.3, 0.4) is 0 Å². The van der Waals surface area contributed by atoms with E-state index in [-0.39, 0.29) is 6.03 Å². The zero-order chi connectivity index (χ0) is 22.4. The van der Waals surface area contributed by atoms with Crippen molar-refractivity contribution in [1.29, 1.82) is 0 Å². The van der Waals surface area contributed by atoms with Gasteiger partial charge in [0.1, 0.15) is 5.75 Å². The number of rotatable bonds is 12. The largest absolute Gasteiger partial charge is 0.494 e. The fourth-order valence-electron chi connectivity index (χ4n) is 3.47. The van der Waals surface area contributed by atoms with Gasteiger partial charge in [-0.05, 0) is 61.8 Å². The molecule has 2 amide bonds. The third-order valence-corrected chi connectivity index (χ3v) is 5.65. The number of thiol groups is 1. The minimum absolute atomic E-state index is 0.237. The number of carbonyl (C=O) groups excluding carboxylic acids is 1. The van der Waals surface area contributed by atoms with Gasteiger partial charge in [0.2, 0.25) is 0 Å². The molecule has 4 nitrogen and oxygen atoms in total. The van der Waals surface area contributed by atoms with Crippen LogP contribution >= 0.6 is 12.8 Å². The topological polar surface area (TPSA) is 41.6 Å². The van der Waals surface area contributed by atoms with Gasteiger partial charge in [-0.15, -0.1) is 0 Å². The Morgan fingerprint density at radius 1 is 0.781 bits per heavy atom. The van der Waals surface area contributed by atoms with E-state index in [0.29, 0.717) is 18.8 Å². The molecule has 0 aliphatic carbocycles. The smallest absolute Gasteiger partial charge is 0.331 e. The zero-order valence-corrected chi connectivity index (χ0v) is 19.3. The summed E-state index contributed by atoms with van der Waals surface area (Å²) in [5.74, 6) is 0.751. The lowest BCUT2D eigenvalue weighted by atomic mass is 10.1. The molecular formula is C27H32N2O2S. The molecule has 168 valence electrons. The molecule has 0 fully saturated rings. The minimum atomic E-state index is -0.237. The number of urea groups is 1. The fraction of sp³-hybridized carbons (Fsp3) is 0.296. The van der Waals surface area contributed by atoms with Crippen molar-refractivity contribution >= 4 is 24.5 Å². The summed E-state index contributed by atoms with van der Waals surface area (Å²) in [6, 6.07) is 28.1. The molecule has 0 unspecified atom stereocenters. The third-order valence-electron chi connectivity index (χ3n) is 5.24. The fourth-order valence-corrected chi connectivity index (χ4v) is 3.67. The Balaban J connectivity index is 1.34. The van der Waals surface area contributed by atoms with Gasteiger partial charge >= 0.3 is 6.03 Å². The molecule has 0 saturated carbocycles. The van der Waals surface area contributed by atoms with Crippen LogP contribution in [-0.2, 0) is 12.8 Å². The van der Waals surface area contributed by atoms with Crippen LogP contribution in [0.5, 0.6) is 5.75 Å². The number of benzene rings is 3. The van der Waals surface area contributed by atoms with E-state index in [4.69, 9.17) is 4.74 Å². The van der Waals surface area contributed by atoms with Crippen molar-refractivity contribution in [3.8, 4) is 5.75 Å². The Hall–Kier alpha value is -2.92. The van der Waals surface area contributed by atoms with E-state index >= 15 is 0 Å². The molecule has 0 bridgehead atoms. The van der Waals surface area contributed by atoms with Crippen LogP contribution in [0.1, 0.15) is 36.8 Å². The van der Waals surface area contributed by atoms with Crippen LogP contribution in [0.4, 0.5) is 10.5 Å². The second-order valence-corrected chi connectivity index (χ2v) is 8.17. The van der Waals surface area contributed by atoms with Crippen LogP contribution < -0.4 is 14.4 Å². The van der Waals surface area contributed by atoms with E-state index in [1.54, 1.807) is 0 Å². The maximum absolute atomic E-state index is 12.4. The maximum Gasteiger partial charge on any atom is 0.331 e. The quantitative estimate of drug-likeness (QED) is 0.246. The number of nitrogens with zero attached hydrogens (tertiary/aromatic N) is 1. The van der Waals surface area contributed by atoms with Crippen molar-refractivity contribution in [2.24, 2.45) is 0 Å². The van der Waals surface area contributed by atoms with Gasteiger partial charge in [0.15, 0.2) is 0 Å². The molecule has 32 heavy (non-hydrogen) atoms. The highest BCUT2D eigenvalue weighted by Crippen LogP contribution is 2.23. The highest BCUT2D eigenvalue weighted by atomic mass is 32.1. The van der Waals surface area contributed by atoms with E-state index in [0.717, 1.165) is 44.3 Å². The van der Waals surface area contributed by atoms with Crippen molar-refractivity contribution in [2.45, 2.75) is 38.5 Å². The average molecular weight is 449 g/mol. The lowest BCUT2D eigenvalue weighted by molar-refractivity contribution is 0.250.